The number of hydrogen-bond acceptors (Lipinski definition) is 3. The number of amides is 1. The first-order chi connectivity index (χ1) is 7.15. The maximum atomic E-state index is 10.9. The molecule has 1 aromatic rings. The van der Waals surface area contributed by atoms with E-state index in [0.29, 0.717) is 11.0 Å². The van der Waals surface area contributed by atoms with Gasteiger partial charge in [0.15, 0.2) is 0 Å². The fraction of sp³-hybridized carbons (Fsp3) is 0.300. The number of nitrogens with one attached hydrogen (secondary N) is 2. The third kappa shape index (κ3) is 3.53. The molecule has 82 valence electrons. The predicted molar refractivity (Wildman–Crippen MR) is 61.6 cm³/mol. The molecule has 3 N–H and O–H groups in total. The van der Waals surface area contributed by atoms with Crippen LogP contribution in [-0.4, -0.2) is 24.6 Å². The highest BCUT2D eigenvalue weighted by Gasteiger charge is 2.04. The minimum atomic E-state index is -0.0792. The molecule has 1 aromatic carbocycles. The summed E-state index contributed by atoms with van der Waals surface area (Å²) in [5.41, 5.74) is 0.758. The number of para-hydroxylation sites is 1. The van der Waals surface area contributed by atoms with Crippen LogP contribution >= 0.6 is 15.9 Å². The van der Waals surface area contributed by atoms with E-state index in [1.807, 2.05) is 6.07 Å². The van der Waals surface area contributed by atoms with Gasteiger partial charge in [-0.25, -0.2) is 0 Å². The average Bonchev–Trinajstić information content (AvgIpc) is 2.24. The number of halogens is 1. The Bertz CT molecular complexity index is 355. The van der Waals surface area contributed by atoms with Gasteiger partial charge in [-0.05, 0) is 22.0 Å². The van der Waals surface area contributed by atoms with Crippen LogP contribution in [0.4, 0.5) is 0 Å². The summed E-state index contributed by atoms with van der Waals surface area (Å²) in [6, 6.07) is 5.40. The van der Waals surface area contributed by atoms with Gasteiger partial charge < -0.3 is 15.7 Å². The topological polar surface area (TPSA) is 61.4 Å². The maximum absolute atomic E-state index is 10.9. The third-order valence-electron chi connectivity index (χ3n) is 1.95. The van der Waals surface area contributed by atoms with E-state index in [-0.39, 0.29) is 18.2 Å². The first-order valence-electron chi connectivity index (χ1n) is 4.52. The van der Waals surface area contributed by atoms with E-state index < -0.39 is 0 Å². The van der Waals surface area contributed by atoms with Crippen molar-refractivity contribution >= 4 is 21.8 Å². The lowest BCUT2D eigenvalue weighted by atomic mass is 10.2. The van der Waals surface area contributed by atoms with Gasteiger partial charge in [-0.15, -0.1) is 0 Å². The normalized spacial score (nSPS) is 10.0. The Labute approximate surface area is 96.8 Å². The molecule has 1 rings (SSSR count). The van der Waals surface area contributed by atoms with Crippen LogP contribution in [0, 0.1) is 0 Å². The van der Waals surface area contributed by atoms with Gasteiger partial charge in [0, 0.05) is 19.2 Å². The summed E-state index contributed by atoms with van der Waals surface area (Å²) >= 11 is 3.22. The SMILES string of the molecule is CNC(=O)CNCc1cccc(Br)c1O. The highest BCUT2D eigenvalue weighted by Crippen LogP contribution is 2.26. The molecule has 0 radical (unpaired) electrons. The molecule has 15 heavy (non-hydrogen) atoms. The van der Waals surface area contributed by atoms with Crippen molar-refractivity contribution in [3.05, 3.63) is 28.2 Å². The summed E-state index contributed by atoms with van der Waals surface area (Å²) in [4.78, 5) is 10.9. The number of carbonyl (C=O) groups is 1. The average molecular weight is 273 g/mol. The lowest BCUT2D eigenvalue weighted by molar-refractivity contribution is -0.119. The van der Waals surface area contributed by atoms with E-state index in [9.17, 15) is 9.90 Å². The number of benzene rings is 1. The molecule has 5 heteroatoms. The van der Waals surface area contributed by atoms with Gasteiger partial charge in [-0.2, -0.15) is 0 Å². The van der Waals surface area contributed by atoms with E-state index in [0.717, 1.165) is 5.56 Å². The molecule has 0 fully saturated rings. The van der Waals surface area contributed by atoms with E-state index in [2.05, 4.69) is 26.6 Å². The Morgan fingerprint density at radius 1 is 1.53 bits per heavy atom. The lowest BCUT2D eigenvalue weighted by Gasteiger charge is -2.07. The van der Waals surface area contributed by atoms with Crippen LogP contribution in [0.2, 0.25) is 0 Å². The van der Waals surface area contributed by atoms with Crippen molar-refractivity contribution in [3.63, 3.8) is 0 Å². The summed E-state index contributed by atoms with van der Waals surface area (Å²) in [5, 5.41) is 15.1. The van der Waals surface area contributed by atoms with E-state index in [1.165, 1.54) is 0 Å². The summed E-state index contributed by atoms with van der Waals surface area (Å²) in [7, 11) is 1.58. The van der Waals surface area contributed by atoms with Crippen LogP contribution in [0.5, 0.6) is 5.75 Å². The minimum Gasteiger partial charge on any atom is -0.506 e. The van der Waals surface area contributed by atoms with Crippen LogP contribution in [0.15, 0.2) is 22.7 Å². The quantitative estimate of drug-likeness (QED) is 0.766. The molecule has 0 spiro atoms. The van der Waals surface area contributed by atoms with E-state index >= 15 is 0 Å². The molecule has 0 aliphatic heterocycles. The second-order valence-electron chi connectivity index (χ2n) is 3.02. The number of hydrogen-bond donors (Lipinski definition) is 3. The summed E-state index contributed by atoms with van der Waals surface area (Å²) < 4.78 is 0.654. The van der Waals surface area contributed by atoms with Crippen LogP contribution in [0.1, 0.15) is 5.56 Å². The molecule has 0 bridgehead atoms. The van der Waals surface area contributed by atoms with Crippen LogP contribution in [-0.2, 0) is 11.3 Å². The van der Waals surface area contributed by atoms with Gasteiger partial charge in [-0.1, -0.05) is 12.1 Å². The first-order valence-corrected chi connectivity index (χ1v) is 5.32. The minimum absolute atomic E-state index is 0.0792. The van der Waals surface area contributed by atoms with Gasteiger partial charge in [0.25, 0.3) is 0 Å². The highest BCUT2D eigenvalue weighted by molar-refractivity contribution is 9.10. The fourth-order valence-corrected chi connectivity index (χ4v) is 1.51. The van der Waals surface area contributed by atoms with Crippen molar-refractivity contribution in [3.8, 4) is 5.75 Å². The van der Waals surface area contributed by atoms with Crippen LogP contribution in [0.3, 0.4) is 0 Å². The molecule has 0 saturated heterocycles. The third-order valence-corrected chi connectivity index (χ3v) is 2.59. The molecule has 4 nitrogen and oxygen atoms in total. The summed E-state index contributed by atoms with van der Waals surface area (Å²) in [6.45, 7) is 0.696. The Kier molecular flexibility index (Phi) is 4.58. The van der Waals surface area contributed by atoms with Gasteiger partial charge >= 0.3 is 0 Å². The van der Waals surface area contributed by atoms with Gasteiger partial charge in [0.2, 0.25) is 5.91 Å². The zero-order valence-electron chi connectivity index (χ0n) is 8.38. The zero-order valence-corrected chi connectivity index (χ0v) is 9.97. The Morgan fingerprint density at radius 3 is 2.93 bits per heavy atom. The number of carbonyl (C=O) groups excluding carboxylic acids is 1. The fourth-order valence-electron chi connectivity index (χ4n) is 1.10. The molecule has 1 amide bonds. The van der Waals surface area contributed by atoms with Crippen molar-refractivity contribution in [2.45, 2.75) is 6.54 Å². The summed E-state index contributed by atoms with van der Waals surface area (Å²) in [6.07, 6.45) is 0. The van der Waals surface area contributed by atoms with Crippen molar-refractivity contribution in [2.24, 2.45) is 0 Å². The summed E-state index contributed by atoms with van der Waals surface area (Å²) in [5.74, 6) is 0.131. The van der Waals surface area contributed by atoms with Crippen molar-refractivity contribution in [1.82, 2.24) is 10.6 Å². The molecule has 0 atom stereocenters. The Hall–Kier alpha value is -1.07. The molecule has 0 saturated carbocycles. The molecule has 0 aliphatic carbocycles. The van der Waals surface area contributed by atoms with Crippen molar-refractivity contribution < 1.29 is 9.90 Å². The van der Waals surface area contributed by atoms with E-state index in [1.54, 1.807) is 19.2 Å². The predicted octanol–water partition coefficient (Wildman–Crippen LogP) is 0.990. The molecule has 0 heterocycles. The second kappa shape index (κ2) is 5.72. The molecule has 0 aromatic heterocycles. The number of aromatic hydroxyl groups is 1. The monoisotopic (exact) mass is 272 g/mol. The van der Waals surface area contributed by atoms with Gasteiger partial charge in [-0.3, -0.25) is 4.79 Å². The number of phenols is 1. The van der Waals surface area contributed by atoms with Gasteiger partial charge in [0.1, 0.15) is 5.75 Å². The number of likely N-dealkylation sites (N-methyl/N-ethyl adjacent to an activating group) is 1. The van der Waals surface area contributed by atoms with Crippen LogP contribution in [0.25, 0.3) is 0 Å². The molecular formula is C10H13BrN2O2. The van der Waals surface area contributed by atoms with Crippen LogP contribution < -0.4 is 10.6 Å². The van der Waals surface area contributed by atoms with Gasteiger partial charge in [0.05, 0.1) is 11.0 Å². The van der Waals surface area contributed by atoms with Crippen molar-refractivity contribution in [2.75, 3.05) is 13.6 Å². The highest BCUT2D eigenvalue weighted by atomic mass is 79.9. The Morgan fingerprint density at radius 2 is 2.27 bits per heavy atom. The standard InChI is InChI=1S/C10H13BrN2O2/c1-12-9(14)6-13-5-7-3-2-4-8(11)10(7)15/h2-4,13,15H,5-6H2,1H3,(H,12,14). The lowest BCUT2D eigenvalue weighted by Crippen LogP contribution is -2.30. The zero-order chi connectivity index (χ0) is 11.3. The number of phenolic OH excluding ortho intramolecular Hbond substituents is 1. The molecule has 0 unspecified atom stereocenters. The first kappa shape index (κ1) is 12.0. The maximum Gasteiger partial charge on any atom is 0.233 e. The largest absolute Gasteiger partial charge is 0.506 e. The molecular weight excluding hydrogens is 260 g/mol. The van der Waals surface area contributed by atoms with E-state index in [4.69, 9.17) is 0 Å². The smallest absolute Gasteiger partial charge is 0.233 e. The Balaban J connectivity index is 2.51. The second-order valence-corrected chi connectivity index (χ2v) is 3.88. The van der Waals surface area contributed by atoms with Crippen molar-refractivity contribution in [1.29, 1.82) is 0 Å². The number of rotatable bonds is 4. The molecule has 0 aliphatic rings.